The van der Waals surface area contributed by atoms with E-state index < -0.39 is 24.2 Å². The summed E-state index contributed by atoms with van der Waals surface area (Å²) in [5, 5.41) is 33.3. The molecule has 0 bridgehead atoms. The number of carbonyl (C=O) groups excluding carboxylic acids is 3. The van der Waals surface area contributed by atoms with Crippen molar-refractivity contribution in [1.82, 2.24) is 10.2 Å². The van der Waals surface area contributed by atoms with Crippen LogP contribution in [0.5, 0.6) is 17.2 Å². The van der Waals surface area contributed by atoms with Crippen molar-refractivity contribution in [3.63, 3.8) is 0 Å². The highest BCUT2D eigenvalue weighted by molar-refractivity contribution is 14.1. The first-order valence-corrected chi connectivity index (χ1v) is 15.5. The molecule has 2 aromatic carbocycles. The predicted octanol–water partition coefficient (Wildman–Crippen LogP) is 2.55. The molecule has 0 radical (unpaired) electrons. The minimum absolute atomic E-state index is 0.0222. The molecule has 0 fully saturated rings. The molecule has 3 atom stereocenters. The van der Waals surface area contributed by atoms with Crippen molar-refractivity contribution in [2.24, 2.45) is 0 Å². The Labute approximate surface area is 271 Å². The summed E-state index contributed by atoms with van der Waals surface area (Å²) in [4.78, 5) is 40.0. The first-order valence-electron chi connectivity index (χ1n) is 14.5. The lowest BCUT2D eigenvalue weighted by Gasteiger charge is -2.41. The van der Waals surface area contributed by atoms with Gasteiger partial charge in [-0.05, 0) is 77.8 Å². The summed E-state index contributed by atoms with van der Waals surface area (Å²) in [5.41, 5.74) is 1.77. The maximum Gasteiger partial charge on any atom is 0.247 e. The van der Waals surface area contributed by atoms with Crippen LogP contribution in [0.4, 0.5) is 0 Å². The molecule has 1 aliphatic carbocycles. The van der Waals surface area contributed by atoms with Gasteiger partial charge >= 0.3 is 0 Å². The number of Topliss-reactive ketones (excluding diaryl/α,β-unsaturated/α-hetero) is 1. The van der Waals surface area contributed by atoms with Crippen molar-refractivity contribution in [2.45, 2.75) is 63.9 Å². The summed E-state index contributed by atoms with van der Waals surface area (Å²) in [6.45, 7) is 1.26. The molecular weight excluding hydrogens is 683 g/mol. The maximum atomic E-state index is 13.7. The third-order valence-electron chi connectivity index (χ3n) is 7.39. The van der Waals surface area contributed by atoms with Crippen LogP contribution in [0.2, 0.25) is 0 Å². The van der Waals surface area contributed by atoms with Gasteiger partial charge in [0.05, 0.1) is 37.0 Å². The lowest BCUT2D eigenvalue weighted by Crippen LogP contribution is -2.55. The van der Waals surface area contributed by atoms with E-state index in [-0.39, 0.29) is 57.3 Å². The number of rotatable bonds is 16. The highest BCUT2D eigenvalue weighted by Gasteiger charge is 2.40. The van der Waals surface area contributed by atoms with E-state index in [4.69, 9.17) is 14.2 Å². The largest absolute Gasteiger partial charge is 0.496 e. The molecule has 0 saturated heterocycles. The molecule has 3 rings (SSSR count). The molecule has 4 N–H and O–H groups in total. The number of ketones is 1. The maximum absolute atomic E-state index is 13.7. The van der Waals surface area contributed by atoms with Gasteiger partial charge in [-0.25, -0.2) is 0 Å². The van der Waals surface area contributed by atoms with Gasteiger partial charge in [-0.15, -0.1) is 0 Å². The molecule has 0 unspecified atom stereocenters. The van der Waals surface area contributed by atoms with Crippen molar-refractivity contribution in [1.29, 1.82) is 0 Å². The number of hydrogen-bond acceptors (Lipinski definition) is 9. The van der Waals surface area contributed by atoms with Crippen LogP contribution in [0, 0.1) is 3.57 Å². The number of nitrogens with zero attached hydrogens (tertiary/aromatic N) is 1. The van der Waals surface area contributed by atoms with Crippen molar-refractivity contribution < 1.29 is 43.9 Å². The summed E-state index contributed by atoms with van der Waals surface area (Å²) in [5.74, 6) is 0.582. The Morgan fingerprint density at radius 3 is 2.45 bits per heavy atom. The van der Waals surface area contributed by atoms with Crippen molar-refractivity contribution >= 4 is 40.2 Å². The summed E-state index contributed by atoms with van der Waals surface area (Å²) in [6.07, 6.45) is 0.395. The highest BCUT2D eigenvalue weighted by atomic mass is 127. The Kier molecular flexibility index (Phi) is 13.9. The quantitative estimate of drug-likeness (QED) is 0.191. The van der Waals surface area contributed by atoms with Crippen molar-refractivity contribution in [2.75, 3.05) is 33.9 Å². The van der Waals surface area contributed by atoms with Crippen LogP contribution in [-0.2, 0) is 27.4 Å². The average molecular weight is 725 g/mol. The van der Waals surface area contributed by atoms with Crippen LogP contribution in [0.15, 0.2) is 48.0 Å². The second-order valence-electron chi connectivity index (χ2n) is 10.5. The fourth-order valence-corrected chi connectivity index (χ4v) is 5.95. The number of aliphatic hydroxyl groups excluding tert-OH is 3. The number of para-hydroxylation sites is 1. The minimum Gasteiger partial charge on any atom is -0.496 e. The Balaban J connectivity index is 2.01. The Hall–Kier alpha value is -3.20. The van der Waals surface area contributed by atoms with Crippen molar-refractivity contribution in [3.8, 4) is 17.2 Å². The average Bonchev–Trinajstić information content (AvgIpc) is 3.01. The van der Waals surface area contributed by atoms with Crippen LogP contribution < -0.4 is 19.5 Å². The van der Waals surface area contributed by atoms with Crippen LogP contribution in [-0.4, -0.2) is 90.0 Å². The van der Waals surface area contributed by atoms with Crippen LogP contribution >= 0.6 is 22.6 Å². The van der Waals surface area contributed by atoms with Gasteiger partial charge in [0, 0.05) is 37.9 Å². The molecule has 0 aromatic heterocycles. The van der Waals surface area contributed by atoms with E-state index in [2.05, 4.69) is 5.32 Å². The SMILES string of the molecule is COc1ccccc1CCN(C(=O)CCCC(C)=O)[C@@H]1CC(C(=O)NCCO)=C[C@H](Oc2c(I)cc(CO)cc2OC)[C@H]1O. The van der Waals surface area contributed by atoms with Gasteiger partial charge in [-0.2, -0.15) is 0 Å². The monoisotopic (exact) mass is 724 g/mol. The molecular formula is C32H41IN2O9. The lowest BCUT2D eigenvalue weighted by atomic mass is 9.87. The lowest BCUT2D eigenvalue weighted by molar-refractivity contribution is -0.138. The predicted molar refractivity (Wildman–Crippen MR) is 172 cm³/mol. The minimum atomic E-state index is -1.24. The van der Waals surface area contributed by atoms with Gasteiger partial charge < -0.3 is 44.5 Å². The number of amides is 2. The molecule has 2 aromatic rings. The fraction of sp³-hybridized carbons (Fsp3) is 0.469. The van der Waals surface area contributed by atoms with Crippen LogP contribution in [0.1, 0.15) is 43.7 Å². The molecule has 0 heterocycles. The van der Waals surface area contributed by atoms with Gasteiger partial charge in [0.25, 0.3) is 0 Å². The van der Waals surface area contributed by atoms with Crippen molar-refractivity contribution in [3.05, 3.63) is 62.7 Å². The number of carbonyl (C=O) groups is 3. The van der Waals surface area contributed by atoms with Gasteiger partial charge in [-0.1, -0.05) is 18.2 Å². The van der Waals surface area contributed by atoms with Crippen LogP contribution in [0.25, 0.3) is 0 Å². The van der Waals surface area contributed by atoms with Gasteiger partial charge in [0.15, 0.2) is 11.5 Å². The number of halogens is 1. The Bertz CT molecular complexity index is 1330. The first-order chi connectivity index (χ1) is 21.1. The number of nitrogens with one attached hydrogen (secondary N) is 1. The molecule has 44 heavy (non-hydrogen) atoms. The molecule has 0 spiro atoms. The number of benzene rings is 2. The highest BCUT2D eigenvalue weighted by Crippen LogP contribution is 2.37. The molecule has 1 aliphatic rings. The summed E-state index contributed by atoms with van der Waals surface area (Å²) in [7, 11) is 3.03. The molecule has 11 nitrogen and oxygen atoms in total. The fourth-order valence-electron chi connectivity index (χ4n) is 5.15. The number of methoxy groups -OCH3 is 2. The zero-order valence-corrected chi connectivity index (χ0v) is 27.4. The van der Waals surface area contributed by atoms with E-state index in [9.17, 15) is 29.7 Å². The molecule has 0 aliphatic heterocycles. The summed E-state index contributed by atoms with van der Waals surface area (Å²) in [6, 6.07) is 9.96. The van der Waals surface area contributed by atoms with E-state index in [0.29, 0.717) is 44.8 Å². The number of hydrogen-bond donors (Lipinski definition) is 4. The molecule has 2 amide bonds. The number of aliphatic hydroxyl groups is 3. The molecule has 0 saturated carbocycles. The van der Waals surface area contributed by atoms with E-state index in [1.54, 1.807) is 24.1 Å². The second kappa shape index (κ2) is 17.3. The van der Waals surface area contributed by atoms with Gasteiger partial charge in [0.2, 0.25) is 11.8 Å². The third-order valence-corrected chi connectivity index (χ3v) is 8.20. The van der Waals surface area contributed by atoms with Gasteiger partial charge in [0.1, 0.15) is 23.7 Å². The van der Waals surface area contributed by atoms with Gasteiger partial charge in [-0.3, -0.25) is 9.59 Å². The van der Waals surface area contributed by atoms with Crippen LogP contribution in [0.3, 0.4) is 0 Å². The Morgan fingerprint density at radius 2 is 1.80 bits per heavy atom. The Morgan fingerprint density at radius 1 is 1.07 bits per heavy atom. The molecule has 12 heteroatoms. The summed E-state index contributed by atoms with van der Waals surface area (Å²) < 4.78 is 17.9. The normalized spacial score (nSPS) is 17.8. The smallest absolute Gasteiger partial charge is 0.247 e. The summed E-state index contributed by atoms with van der Waals surface area (Å²) >= 11 is 2.05. The van der Waals surface area contributed by atoms with E-state index in [0.717, 1.165) is 5.56 Å². The third kappa shape index (κ3) is 9.40. The first kappa shape index (κ1) is 35.3. The topological polar surface area (TPSA) is 155 Å². The van der Waals surface area contributed by atoms with E-state index >= 15 is 0 Å². The zero-order chi connectivity index (χ0) is 32.2. The zero-order valence-electron chi connectivity index (χ0n) is 25.3. The second-order valence-corrected chi connectivity index (χ2v) is 11.6. The molecule has 240 valence electrons. The van der Waals surface area contributed by atoms with E-state index in [1.807, 2.05) is 46.9 Å². The van der Waals surface area contributed by atoms with E-state index in [1.165, 1.54) is 20.1 Å². The number of ether oxygens (including phenoxy) is 3. The standard InChI is InChI=1S/C32H41IN2O9/c1-20(38)7-6-10-29(39)35(13-11-22-8-4-5-9-26(22)42-2)25-17-23(32(41)34-12-14-36)18-27(30(25)40)44-31-24(33)15-21(19-37)16-28(31)43-3/h4-5,8-9,15-16,18,25,27,30,36-37,40H,6-7,10-14,17,19H2,1-3H3,(H,34,41)/t25-,27+,30+/m1/s1.